The Hall–Kier alpha value is -0.160. The highest BCUT2D eigenvalue weighted by molar-refractivity contribution is 5.09. The zero-order valence-corrected chi connectivity index (χ0v) is 41.7. The van der Waals surface area contributed by atoms with Gasteiger partial charge in [0.05, 0.1) is 6.17 Å². The molecule has 11 rings (SSSR count). The van der Waals surface area contributed by atoms with E-state index in [1.54, 1.807) is 103 Å². The zero-order valence-electron chi connectivity index (χ0n) is 41.7. The lowest BCUT2D eigenvalue weighted by atomic mass is 9.52. The van der Waals surface area contributed by atoms with E-state index < -0.39 is 0 Å². The first kappa shape index (κ1) is 45.3. The number of nitrogens with one attached hydrogen (secondary N) is 2. The number of fused-ring (bicyclic) bond motifs is 3. The van der Waals surface area contributed by atoms with Gasteiger partial charge < -0.3 is 10.6 Å². The van der Waals surface area contributed by atoms with Gasteiger partial charge in [0.1, 0.15) is 0 Å². The van der Waals surface area contributed by atoms with Gasteiger partial charge in [0.2, 0.25) is 0 Å². The minimum absolute atomic E-state index is 0.538. The SMILES string of the molecule is CC1(C)C2CCCCC2N(C2CCCCC2)C2CCC(C3CCC(N(C4CCCCC4)C4CCC(C5CCC(C6CCC(C7CCNC8NCCCC87)CC6)CC5)CC4)CC3)CC21. The normalized spacial score (nSPS) is 47.3. The van der Waals surface area contributed by atoms with Crippen molar-refractivity contribution in [1.82, 2.24) is 20.4 Å². The molecule has 63 heavy (non-hydrogen) atoms. The summed E-state index contributed by atoms with van der Waals surface area (Å²) in [6.45, 7) is 8.06. The van der Waals surface area contributed by atoms with Crippen molar-refractivity contribution in [2.45, 2.75) is 287 Å². The number of rotatable bonds is 8. The third-order valence-corrected chi connectivity index (χ3v) is 23.7. The Morgan fingerprint density at radius 1 is 0.365 bits per heavy atom. The summed E-state index contributed by atoms with van der Waals surface area (Å²) in [5, 5.41) is 7.68. The third kappa shape index (κ3) is 9.48. The van der Waals surface area contributed by atoms with Crippen LogP contribution in [0.25, 0.3) is 0 Å². The number of hydrogen-bond acceptors (Lipinski definition) is 4. The summed E-state index contributed by atoms with van der Waals surface area (Å²) < 4.78 is 0. The van der Waals surface area contributed by atoms with Crippen molar-refractivity contribution in [2.24, 2.45) is 70.5 Å². The third-order valence-electron chi connectivity index (χ3n) is 23.7. The molecule has 0 spiro atoms. The second-order valence-corrected chi connectivity index (χ2v) is 26.6. The van der Waals surface area contributed by atoms with Crippen LogP contribution in [0, 0.1) is 70.5 Å². The van der Waals surface area contributed by atoms with Crippen molar-refractivity contribution in [3.05, 3.63) is 0 Å². The molecule has 0 radical (unpaired) electrons. The minimum Gasteiger partial charge on any atom is -0.302 e. The average Bonchev–Trinajstić information content (AvgIpc) is 3.35. The van der Waals surface area contributed by atoms with E-state index in [4.69, 9.17) is 0 Å². The van der Waals surface area contributed by atoms with Crippen LogP contribution in [0.2, 0.25) is 0 Å². The van der Waals surface area contributed by atoms with Crippen LogP contribution in [0.3, 0.4) is 0 Å². The van der Waals surface area contributed by atoms with E-state index in [0.717, 1.165) is 101 Å². The van der Waals surface area contributed by atoms with Crippen molar-refractivity contribution < 1.29 is 0 Å². The van der Waals surface area contributed by atoms with Crippen LogP contribution in [0.15, 0.2) is 0 Å². The van der Waals surface area contributed by atoms with Gasteiger partial charge in [0.15, 0.2) is 0 Å². The van der Waals surface area contributed by atoms with Gasteiger partial charge in [-0.2, -0.15) is 0 Å². The molecular weight excluding hydrogens is 765 g/mol. The fourth-order valence-corrected chi connectivity index (χ4v) is 20.5. The summed E-state index contributed by atoms with van der Waals surface area (Å²) in [6, 6.07) is 5.45. The predicted octanol–water partition coefficient (Wildman–Crippen LogP) is 14.3. The Balaban J connectivity index is 0.664. The van der Waals surface area contributed by atoms with Crippen molar-refractivity contribution >= 4 is 0 Å². The first-order valence-corrected chi connectivity index (χ1v) is 30.0. The Morgan fingerprint density at radius 3 is 1.48 bits per heavy atom. The monoisotopic (exact) mass is 867 g/mol. The molecule has 11 fully saturated rings. The molecular formula is C59H102N4. The van der Waals surface area contributed by atoms with E-state index >= 15 is 0 Å². The lowest BCUT2D eigenvalue weighted by Crippen LogP contribution is -2.66. The van der Waals surface area contributed by atoms with E-state index in [1.807, 2.05) is 0 Å². The summed E-state index contributed by atoms with van der Waals surface area (Å²) in [5.74, 6) is 11.1. The lowest BCUT2D eigenvalue weighted by molar-refractivity contribution is -0.151. The van der Waals surface area contributed by atoms with E-state index in [9.17, 15) is 0 Å². The van der Waals surface area contributed by atoms with Crippen LogP contribution in [0.1, 0.15) is 245 Å². The molecule has 0 aromatic carbocycles. The fourth-order valence-electron chi connectivity index (χ4n) is 20.5. The van der Waals surface area contributed by atoms with Gasteiger partial charge in [-0.25, -0.2) is 0 Å². The Bertz CT molecular complexity index is 1400. The van der Waals surface area contributed by atoms with Crippen LogP contribution in [-0.4, -0.2) is 65.3 Å². The average molecular weight is 867 g/mol. The highest BCUT2D eigenvalue weighted by atomic mass is 15.2. The van der Waals surface area contributed by atoms with Crippen molar-refractivity contribution in [3.8, 4) is 0 Å². The molecule has 11 aliphatic rings. The van der Waals surface area contributed by atoms with Crippen molar-refractivity contribution in [3.63, 3.8) is 0 Å². The number of hydrogen-bond donors (Lipinski definition) is 2. The van der Waals surface area contributed by atoms with Crippen LogP contribution in [0.5, 0.6) is 0 Å². The number of piperidine rings is 3. The van der Waals surface area contributed by atoms with Crippen LogP contribution >= 0.6 is 0 Å². The standard InChI is InChI=1S/C59H102N4/c1-59(2)54-17-9-10-18-56(54)63(49-14-7-4-8-15-49)57-36-31-47(40-55(57)59)45-29-34-51(35-30-45)62(48-12-5-3-6-13-48)50-32-27-44(28-33-50)42-21-19-41(20-22-42)43-23-25-46(26-24-43)52-37-39-61-58-53(52)16-11-38-60-58/h41-58,60-61H,3-40H2,1-2H3. The van der Waals surface area contributed by atoms with Gasteiger partial charge in [-0.3, -0.25) is 9.80 Å². The van der Waals surface area contributed by atoms with Gasteiger partial charge in [-0.1, -0.05) is 65.2 Å². The Morgan fingerprint density at radius 2 is 0.841 bits per heavy atom. The highest BCUT2D eigenvalue weighted by Crippen LogP contribution is 2.59. The molecule has 358 valence electrons. The predicted molar refractivity (Wildman–Crippen MR) is 265 cm³/mol. The number of nitrogens with zero attached hydrogens (tertiary/aromatic N) is 2. The smallest absolute Gasteiger partial charge is 0.0603 e. The molecule has 8 unspecified atom stereocenters. The molecule has 8 saturated carbocycles. The van der Waals surface area contributed by atoms with Crippen LogP contribution < -0.4 is 10.6 Å². The Labute approximate surface area is 389 Å². The largest absolute Gasteiger partial charge is 0.302 e. The first-order valence-electron chi connectivity index (χ1n) is 30.0. The molecule has 2 N–H and O–H groups in total. The molecule has 0 bridgehead atoms. The maximum atomic E-state index is 3.84. The lowest BCUT2D eigenvalue weighted by Gasteiger charge is -2.64. The topological polar surface area (TPSA) is 30.5 Å². The summed E-state index contributed by atoms with van der Waals surface area (Å²) >= 11 is 0. The second kappa shape index (κ2) is 20.4. The van der Waals surface area contributed by atoms with Gasteiger partial charge in [-0.15, -0.1) is 0 Å². The molecule has 3 aliphatic heterocycles. The molecule has 3 saturated heterocycles. The number of likely N-dealkylation sites (tertiary alicyclic amines) is 1. The van der Waals surface area contributed by atoms with Gasteiger partial charge in [0, 0.05) is 36.3 Å². The molecule has 4 heteroatoms. The summed E-state index contributed by atoms with van der Waals surface area (Å²) in [4.78, 5) is 6.62. The summed E-state index contributed by atoms with van der Waals surface area (Å²) in [7, 11) is 0. The molecule has 0 amide bonds. The fraction of sp³-hybridized carbons (Fsp3) is 1.00. The van der Waals surface area contributed by atoms with E-state index in [1.165, 1.54) is 142 Å². The highest BCUT2D eigenvalue weighted by Gasteiger charge is 2.57. The van der Waals surface area contributed by atoms with E-state index in [-0.39, 0.29) is 0 Å². The van der Waals surface area contributed by atoms with E-state index in [2.05, 4.69) is 34.3 Å². The molecule has 8 aliphatic carbocycles. The molecule has 0 aromatic heterocycles. The molecule has 4 nitrogen and oxygen atoms in total. The minimum atomic E-state index is 0.538. The maximum Gasteiger partial charge on any atom is 0.0603 e. The molecule has 8 atom stereocenters. The summed E-state index contributed by atoms with van der Waals surface area (Å²) in [6.07, 6.45) is 55.8. The molecule has 3 heterocycles. The zero-order chi connectivity index (χ0) is 42.3. The first-order chi connectivity index (χ1) is 31.0. The molecule has 0 aromatic rings. The van der Waals surface area contributed by atoms with Crippen molar-refractivity contribution in [1.29, 1.82) is 0 Å². The maximum absolute atomic E-state index is 3.84. The Kier molecular flexibility index (Phi) is 14.7. The van der Waals surface area contributed by atoms with Crippen molar-refractivity contribution in [2.75, 3.05) is 13.1 Å². The van der Waals surface area contributed by atoms with Gasteiger partial charge in [-0.05, 0) is 263 Å². The van der Waals surface area contributed by atoms with Gasteiger partial charge >= 0.3 is 0 Å². The van der Waals surface area contributed by atoms with Crippen LogP contribution in [0.4, 0.5) is 0 Å². The summed E-state index contributed by atoms with van der Waals surface area (Å²) in [5.41, 5.74) is 0.538. The van der Waals surface area contributed by atoms with Gasteiger partial charge in [0.25, 0.3) is 0 Å². The second-order valence-electron chi connectivity index (χ2n) is 26.6. The van der Waals surface area contributed by atoms with Crippen LogP contribution in [-0.2, 0) is 0 Å². The van der Waals surface area contributed by atoms with E-state index in [0.29, 0.717) is 11.6 Å². The quantitative estimate of drug-likeness (QED) is 0.254.